The summed E-state index contributed by atoms with van der Waals surface area (Å²) < 4.78 is 3.36. The molecule has 1 aromatic heterocycles. The molecule has 0 aliphatic rings. The van der Waals surface area contributed by atoms with Gasteiger partial charge in [-0.25, -0.2) is 0 Å². The van der Waals surface area contributed by atoms with E-state index in [-0.39, 0.29) is 0 Å². The summed E-state index contributed by atoms with van der Waals surface area (Å²) in [4.78, 5) is 4.18. The predicted octanol–water partition coefficient (Wildman–Crippen LogP) is 4.57. The third-order valence-corrected chi connectivity index (χ3v) is 5.49. The molecule has 0 aliphatic carbocycles. The summed E-state index contributed by atoms with van der Waals surface area (Å²) in [5, 5.41) is 0. The number of pyridine rings is 1. The highest BCUT2D eigenvalue weighted by Crippen LogP contribution is 2.22. The third kappa shape index (κ3) is 6.52. The number of aromatic nitrogens is 1. The lowest BCUT2D eigenvalue weighted by Gasteiger charge is -2.18. The molecule has 96 valence electrons. The fraction of sp³-hybridized carbons (Fsp3) is 0.615. The van der Waals surface area contributed by atoms with Crippen molar-refractivity contribution in [3.05, 3.63) is 30.1 Å². The molecule has 2 nitrogen and oxygen atoms in total. The Morgan fingerprint density at radius 2 is 2.12 bits per heavy atom. The van der Waals surface area contributed by atoms with Crippen LogP contribution < -0.4 is 3.53 Å². The molecule has 0 bridgehead atoms. The second kappa shape index (κ2) is 7.48. The topological polar surface area (TPSA) is 24.9 Å². The predicted molar refractivity (Wildman–Crippen MR) is 86.1 cm³/mol. The lowest BCUT2D eigenvalue weighted by atomic mass is 10.0. The first kappa shape index (κ1) is 15.1. The lowest BCUT2D eigenvalue weighted by molar-refractivity contribution is 0.581. The quantitative estimate of drug-likeness (QED) is 0.333. The molecule has 0 amide bonds. The normalized spacial score (nSPS) is 13.6. The van der Waals surface area contributed by atoms with Gasteiger partial charge >= 0.3 is 0 Å². The van der Waals surface area contributed by atoms with Gasteiger partial charge in [0.1, 0.15) is 0 Å². The van der Waals surface area contributed by atoms with Crippen LogP contribution in [-0.2, 0) is 0 Å². The number of hydrogen-bond acceptors (Lipinski definition) is 2. The third-order valence-electron chi connectivity index (χ3n) is 2.89. The van der Waals surface area contributed by atoms with E-state index in [1.165, 1.54) is 30.9 Å². The second-order valence-corrected chi connectivity index (χ2v) is 12.0. The fourth-order valence-electron chi connectivity index (χ4n) is 1.87. The number of rotatable bonds is 7. The molecule has 0 spiro atoms. The van der Waals surface area contributed by atoms with Crippen molar-refractivity contribution in [2.45, 2.75) is 51.0 Å². The van der Waals surface area contributed by atoms with Crippen LogP contribution in [-0.4, -0.2) is 13.1 Å². The van der Waals surface area contributed by atoms with Crippen molar-refractivity contribution in [3.63, 3.8) is 0 Å². The first-order valence-corrected chi connectivity index (χ1v) is 11.1. The summed E-state index contributed by atoms with van der Waals surface area (Å²) in [6, 6.07) is 6.06. The molecule has 0 saturated heterocycles. The Balaban J connectivity index is 2.34. The van der Waals surface area contributed by atoms with Crippen LogP contribution in [0.25, 0.3) is 0 Å². The minimum Gasteiger partial charge on any atom is -0.264 e. The van der Waals surface area contributed by atoms with E-state index in [4.69, 9.17) is 0 Å². The summed E-state index contributed by atoms with van der Waals surface area (Å²) in [5.74, 6) is 0. The summed E-state index contributed by atoms with van der Waals surface area (Å²) in [5.41, 5.74) is 1.30. The van der Waals surface area contributed by atoms with E-state index >= 15 is 0 Å². The SMILES string of the molecule is C[Si](C)(C)CCCCC(NI)c1cccnc1. The van der Waals surface area contributed by atoms with Gasteiger partial charge in [-0.1, -0.05) is 44.6 Å². The smallest absolute Gasteiger partial charge is 0.0442 e. The molecule has 0 aliphatic heterocycles. The molecule has 1 rings (SSSR count). The minimum absolute atomic E-state index is 0.450. The number of hydrogen-bond donors (Lipinski definition) is 1. The number of halogens is 1. The van der Waals surface area contributed by atoms with E-state index in [1.54, 1.807) is 0 Å². The van der Waals surface area contributed by atoms with Gasteiger partial charge in [0.05, 0.1) is 0 Å². The van der Waals surface area contributed by atoms with Gasteiger partial charge in [-0.2, -0.15) is 0 Å². The van der Waals surface area contributed by atoms with Crippen LogP contribution in [0.5, 0.6) is 0 Å². The highest BCUT2D eigenvalue weighted by molar-refractivity contribution is 14.1. The van der Waals surface area contributed by atoms with Gasteiger partial charge in [-0.05, 0) is 18.1 Å². The molecule has 1 N–H and O–H groups in total. The second-order valence-electron chi connectivity index (χ2n) is 5.75. The van der Waals surface area contributed by atoms with Gasteiger partial charge in [0.2, 0.25) is 0 Å². The maximum absolute atomic E-state index is 4.18. The molecule has 1 aromatic rings. The molecule has 0 aromatic carbocycles. The minimum atomic E-state index is -0.853. The molecule has 1 atom stereocenters. The number of nitrogens with one attached hydrogen (secondary N) is 1. The van der Waals surface area contributed by atoms with Crippen molar-refractivity contribution >= 4 is 30.9 Å². The molecular formula is C13H23IN2Si. The zero-order valence-electron chi connectivity index (χ0n) is 11.0. The fourth-order valence-corrected chi connectivity index (χ4v) is 3.85. The Hall–Kier alpha value is 0.0569. The standard InChI is InChI=1S/C13H23IN2Si/c1-17(2,3)10-5-4-8-13(16-14)12-7-6-9-15-11-12/h6-7,9,11,13,16H,4-5,8,10H2,1-3H3. The van der Waals surface area contributed by atoms with Crippen molar-refractivity contribution in [2.75, 3.05) is 0 Å². The Bertz CT molecular complexity index is 311. The Labute approximate surface area is 120 Å². The molecule has 17 heavy (non-hydrogen) atoms. The van der Waals surface area contributed by atoms with Gasteiger partial charge in [0.25, 0.3) is 0 Å². The van der Waals surface area contributed by atoms with Gasteiger partial charge in [-0.3, -0.25) is 8.51 Å². The van der Waals surface area contributed by atoms with E-state index in [0.29, 0.717) is 6.04 Å². The van der Waals surface area contributed by atoms with Gasteiger partial charge in [0.15, 0.2) is 0 Å². The summed E-state index contributed by atoms with van der Waals surface area (Å²) >= 11 is 2.25. The van der Waals surface area contributed by atoms with Gasteiger partial charge in [0, 0.05) is 49.4 Å². The molecule has 1 heterocycles. The maximum Gasteiger partial charge on any atom is 0.0442 e. The van der Waals surface area contributed by atoms with Crippen LogP contribution in [0, 0.1) is 0 Å². The van der Waals surface area contributed by atoms with Crippen LogP contribution in [0.4, 0.5) is 0 Å². The van der Waals surface area contributed by atoms with E-state index in [1.807, 2.05) is 18.5 Å². The van der Waals surface area contributed by atoms with Crippen molar-refractivity contribution in [3.8, 4) is 0 Å². The van der Waals surface area contributed by atoms with Crippen LogP contribution in [0.15, 0.2) is 24.5 Å². The molecule has 4 heteroatoms. The summed E-state index contributed by atoms with van der Waals surface area (Å²) in [6.45, 7) is 7.34. The molecule has 0 radical (unpaired) electrons. The number of unbranched alkanes of at least 4 members (excludes halogenated alkanes) is 1. The molecule has 0 saturated carbocycles. The van der Waals surface area contributed by atoms with Gasteiger partial charge < -0.3 is 0 Å². The van der Waals surface area contributed by atoms with E-state index in [2.05, 4.69) is 57.1 Å². The Kier molecular flexibility index (Phi) is 6.65. The highest BCUT2D eigenvalue weighted by Gasteiger charge is 2.13. The average Bonchev–Trinajstić information content (AvgIpc) is 2.29. The first-order chi connectivity index (χ1) is 8.03. The monoisotopic (exact) mass is 362 g/mol. The van der Waals surface area contributed by atoms with Crippen LogP contribution >= 0.6 is 22.9 Å². The zero-order chi connectivity index (χ0) is 12.7. The van der Waals surface area contributed by atoms with Crippen molar-refractivity contribution in [1.82, 2.24) is 8.51 Å². The summed E-state index contributed by atoms with van der Waals surface area (Å²) in [7, 11) is -0.853. The Morgan fingerprint density at radius 1 is 1.35 bits per heavy atom. The van der Waals surface area contributed by atoms with Crippen molar-refractivity contribution in [2.24, 2.45) is 0 Å². The summed E-state index contributed by atoms with van der Waals surface area (Å²) in [6.07, 6.45) is 7.68. The molecule has 1 unspecified atom stereocenters. The van der Waals surface area contributed by atoms with Crippen molar-refractivity contribution in [1.29, 1.82) is 0 Å². The van der Waals surface area contributed by atoms with E-state index in [9.17, 15) is 0 Å². The van der Waals surface area contributed by atoms with E-state index < -0.39 is 8.07 Å². The van der Waals surface area contributed by atoms with Crippen LogP contribution in [0.1, 0.15) is 30.9 Å². The first-order valence-electron chi connectivity index (χ1n) is 6.29. The highest BCUT2D eigenvalue weighted by atomic mass is 127. The number of nitrogens with zero attached hydrogens (tertiary/aromatic N) is 1. The molecule has 0 fully saturated rings. The lowest BCUT2D eigenvalue weighted by Crippen LogP contribution is -2.19. The Morgan fingerprint density at radius 3 is 2.65 bits per heavy atom. The zero-order valence-corrected chi connectivity index (χ0v) is 14.2. The maximum atomic E-state index is 4.18. The van der Waals surface area contributed by atoms with Crippen LogP contribution in [0.2, 0.25) is 25.7 Å². The largest absolute Gasteiger partial charge is 0.264 e. The van der Waals surface area contributed by atoms with E-state index in [0.717, 1.165) is 0 Å². The molecular weight excluding hydrogens is 339 g/mol. The van der Waals surface area contributed by atoms with Gasteiger partial charge in [-0.15, -0.1) is 0 Å². The van der Waals surface area contributed by atoms with Crippen LogP contribution in [0.3, 0.4) is 0 Å². The van der Waals surface area contributed by atoms with Crippen molar-refractivity contribution < 1.29 is 0 Å². The average molecular weight is 362 g/mol.